The minimum Gasteiger partial charge on any atom is -0.477 e. The second kappa shape index (κ2) is 5.25. The van der Waals surface area contributed by atoms with Crippen LogP contribution < -0.4 is 5.32 Å². The summed E-state index contributed by atoms with van der Waals surface area (Å²) in [5.41, 5.74) is 0.541. The van der Waals surface area contributed by atoms with Crippen LogP contribution in [0.4, 0.5) is 16.5 Å². The molecule has 2 rings (SSSR count). The Labute approximate surface area is 118 Å². The first kappa shape index (κ1) is 13.9. The van der Waals surface area contributed by atoms with Gasteiger partial charge in [0.1, 0.15) is 5.56 Å². The van der Waals surface area contributed by atoms with E-state index in [1.807, 2.05) is 13.8 Å². The second-order valence-corrected chi connectivity index (χ2v) is 5.28. The van der Waals surface area contributed by atoms with E-state index in [2.05, 4.69) is 10.3 Å². The lowest BCUT2D eigenvalue weighted by Gasteiger charge is -2.04. The average Bonchev–Trinajstić information content (AvgIpc) is 2.67. The molecule has 0 unspecified atom stereocenters. The maximum atomic E-state index is 11.0. The highest BCUT2D eigenvalue weighted by molar-refractivity contribution is 7.15. The van der Waals surface area contributed by atoms with Gasteiger partial charge in [0.05, 0.1) is 10.6 Å². The number of hydrogen-bond acceptors (Lipinski definition) is 6. The first-order valence-electron chi connectivity index (χ1n) is 5.61. The molecule has 0 aliphatic rings. The van der Waals surface area contributed by atoms with E-state index in [-0.39, 0.29) is 5.56 Å². The molecular weight excluding hydrogens is 282 g/mol. The molecule has 0 saturated carbocycles. The molecule has 1 aromatic carbocycles. The molecule has 2 aromatic rings. The van der Waals surface area contributed by atoms with Gasteiger partial charge in [-0.25, -0.2) is 9.78 Å². The number of hydrogen-bond donors (Lipinski definition) is 2. The maximum Gasteiger partial charge on any atom is 0.342 e. The van der Waals surface area contributed by atoms with Crippen LogP contribution in [0.25, 0.3) is 0 Å². The van der Waals surface area contributed by atoms with E-state index < -0.39 is 16.6 Å². The Morgan fingerprint density at radius 3 is 2.65 bits per heavy atom. The molecule has 0 bridgehead atoms. The Balaban J connectivity index is 2.36. The van der Waals surface area contributed by atoms with Gasteiger partial charge < -0.3 is 10.4 Å². The zero-order valence-corrected chi connectivity index (χ0v) is 11.5. The highest BCUT2D eigenvalue weighted by Gasteiger charge is 2.20. The Kier molecular flexibility index (Phi) is 3.66. The number of nitrogens with zero attached hydrogens (tertiary/aromatic N) is 2. The molecule has 7 nitrogen and oxygen atoms in total. The summed E-state index contributed by atoms with van der Waals surface area (Å²) >= 11 is 1.43. The minimum absolute atomic E-state index is 0.356. The molecule has 1 aromatic heterocycles. The number of carbonyl (C=O) groups is 1. The number of nitro benzene ring substituents is 1. The van der Waals surface area contributed by atoms with Crippen molar-refractivity contribution in [2.24, 2.45) is 0 Å². The van der Waals surface area contributed by atoms with Gasteiger partial charge in [-0.2, -0.15) is 0 Å². The number of anilines is 2. The van der Waals surface area contributed by atoms with E-state index in [1.165, 1.54) is 29.5 Å². The van der Waals surface area contributed by atoms with Crippen molar-refractivity contribution in [1.82, 2.24) is 4.98 Å². The molecular formula is C12H11N3O4S. The third-order valence-corrected chi connectivity index (χ3v) is 3.69. The summed E-state index contributed by atoms with van der Waals surface area (Å²) in [6.07, 6.45) is 0. The van der Waals surface area contributed by atoms with Crippen LogP contribution in [0.15, 0.2) is 18.2 Å². The van der Waals surface area contributed by atoms with Crippen molar-refractivity contribution in [3.63, 3.8) is 0 Å². The minimum atomic E-state index is -1.34. The number of nitro groups is 1. The van der Waals surface area contributed by atoms with Crippen molar-refractivity contribution in [2.45, 2.75) is 13.8 Å². The van der Waals surface area contributed by atoms with E-state index in [0.29, 0.717) is 10.8 Å². The van der Waals surface area contributed by atoms with Crippen LogP contribution in [0.5, 0.6) is 0 Å². The number of carboxylic acids is 1. The highest BCUT2D eigenvalue weighted by Crippen LogP contribution is 2.28. The summed E-state index contributed by atoms with van der Waals surface area (Å²) in [5.74, 6) is -1.34. The van der Waals surface area contributed by atoms with Crippen molar-refractivity contribution in [1.29, 1.82) is 0 Å². The maximum absolute atomic E-state index is 11.0. The van der Waals surface area contributed by atoms with E-state index in [4.69, 9.17) is 5.11 Å². The van der Waals surface area contributed by atoms with Crippen molar-refractivity contribution in [2.75, 3.05) is 5.32 Å². The normalized spacial score (nSPS) is 10.3. The topological polar surface area (TPSA) is 105 Å². The Hall–Kier alpha value is -2.48. The van der Waals surface area contributed by atoms with Gasteiger partial charge in [0.15, 0.2) is 5.13 Å². The van der Waals surface area contributed by atoms with E-state index in [0.717, 1.165) is 10.6 Å². The number of benzene rings is 1. The zero-order valence-electron chi connectivity index (χ0n) is 10.7. The number of rotatable bonds is 4. The molecule has 104 valence electrons. The lowest BCUT2D eigenvalue weighted by Crippen LogP contribution is -2.03. The van der Waals surface area contributed by atoms with Gasteiger partial charge in [-0.3, -0.25) is 10.1 Å². The molecule has 8 heteroatoms. The lowest BCUT2D eigenvalue weighted by atomic mass is 10.1. The third kappa shape index (κ3) is 2.75. The van der Waals surface area contributed by atoms with E-state index >= 15 is 0 Å². The Bertz CT molecular complexity index is 677. The number of aromatic carboxylic acids is 1. The van der Waals surface area contributed by atoms with Gasteiger partial charge in [-0.15, -0.1) is 11.3 Å². The fourth-order valence-electron chi connectivity index (χ4n) is 1.59. The summed E-state index contributed by atoms with van der Waals surface area (Å²) in [6, 6.07) is 3.85. The van der Waals surface area contributed by atoms with Crippen LogP contribution in [0.3, 0.4) is 0 Å². The second-order valence-electron chi connectivity index (χ2n) is 4.08. The molecule has 0 amide bonds. The van der Waals surface area contributed by atoms with Gasteiger partial charge in [0.2, 0.25) is 0 Å². The first-order valence-corrected chi connectivity index (χ1v) is 6.43. The van der Waals surface area contributed by atoms with Crippen molar-refractivity contribution >= 4 is 33.8 Å². The zero-order chi connectivity index (χ0) is 14.9. The molecule has 2 N–H and O–H groups in total. The summed E-state index contributed by atoms with van der Waals surface area (Å²) in [5, 5.41) is 23.3. The number of thiazole rings is 1. The molecule has 1 heterocycles. The number of carboxylic acid groups (broad SMARTS) is 1. The monoisotopic (exact) mass is 293 g/mol. The SMILES string of the molecule is Cc1nc(Nc2ccc([N+](=O)[O-])c(C(=O)O)c2)sc1C. The summed E-state index contributed by atoms with van der Waals surface area (Å²) in [6.45, 7) is 3.80. The smallest absolute Gasteiger partial charge is 0.342 e. The highest BCUT2D eigenvalue weighted by atomic mass is 32.1. The van der Waals surface area contributed by atoms with Crippen LogP contribution in [0.1, 0.15) is 20.9 Å². The standard InChI is InChI=1S/C12H11N3O4S/c1-6-7(2)20-12(13-6)14-8-3-4-10(15(18)19)9(5-8)11(16)17/h3-5H,1-2H3,(H,13,14)(H,16,17). The Morgan fingerprint density at radius 1 is 1.45 bits per heavy atom. The molecule has 0 radical (unpaired) electrons. The van der Waals surface area contributed by atoms with Crippen LogP contribution >= 0.6 is 11.3 Å². The predicted octanol–water partition coefficient (Wildman–Crippen LogP) is 3.11. The van der Waals surface area contributed by atoms with Crippen LogP contribution in [-0.4, -0.2) is 21.0 Å². The molecule has 0 atom stereocenters. The first-order chi connectivity index (χ1) is 9.38. The van der Waals surface area contributed by atoms with Crippen molar-refractivity contribution in [3.05, 3.63) is 44.4 Å². The van der Waals surface area contributed by atoms with Gasteiger partial charge in [0.25, 0.3) is 5.69 Å². The van der Waals surface area contributed by atoms with Crippen molar-refractivity contribution in [3.8, 4) is 0 Å². The summed E-state index contributed by atoms with van der Waals surface area (Å²) < 4.78 is 0. The Morgan fingerprint density at radius 2 is 2.15 bits per heavy atom. The molecule has 0 aliphatic heterocycles. The molecule has 0 saturated heterocycles. The van der Waals surface area contributed by atoms with Crippen LogP contribution in [0, 0.1) is 24.0 Å². The third-order valence-electron chi connectivity index (χ3n) is 2.70. The molecule has 0 aliphatic carbocycles. The molecule has 0 spiro atoms. The summed E-state index contributed by atoms with van der Waals surface area (Å²) in [7, 11) is 0. The fourth-order valence-corrected chi connectivity index (χ4v) is 2.43. The van der Waals surface area contributed by atoms with Gasteiger partial charge >= 0.3 is 5.97 Å². The lowest BCUT2D eigenvalue weighted by molar-refractivity contribution is -0.385. The number of aromatic nitrogens is 1. The molecule has 20 heavy (non-hydrogen) atoms. The van der Waals surface area contributed by atoms with Crippen LogP contribution in [-0.2, 0) is 0 Å². The van der Waals surface area contributed by atoms with Gasteiger partial charge in [0, 0.05) is 16.6 Å². The average molecular weight is 293 g/mol. The van der Waals surface area contributed by atoms with Crippen LogP contribution in [0.2, 0.25) is 0 Å². The van der Waals surface area contributed by atoms with Gasteiger partial charge in [-0.1, -0.05) is 0 Å². The fraction of sp³-hybridized carbons (Fsp3) is 0.167. The summed E-state index contributed by atoms with van der Waals surface area (Å²) in [4.78, 5) is 26.4. The van der Waals surface area contributed by atoms with E-state index in [1.54, 1.807) is 0 Å². The largest absolute Gasteiger partial charge is 0.477 e. The number of nitrogens with one attached hydrogen (secondary N) is 1. The van der Waals surface area contributed by atoms with Crippen molar-refractivity contribution < 1.29 is 14.8 Å². The number of aryl methyl sites for hydroxylation is 2. The van der Waals surface area contributed by atoms with Gasteiger partial charge in [-0.05, 0) is 26.0 Å². The molecule has 0 fully saturated rings. The van der Waals surface area contributed by atoms with E-state index in [9.17, 15) is 14.9 Å². The quantitative estimate of drug-likeness (QED) is 0.662. The predicted molar refractivity (Wildman–Crippen MR) is 74.9 cm³/mol.